The molecule has 1 rings (SSSR count). The van der Waals surface area contributed by atoms with Crippen molar-refractivity contribution in [3.8, 4) is 0 Å². The number of amides is 1. The molecule has 0 spiro atoms. The lowest BCUT2D eigenvalue weighted by atomic mass is 9.99. The van der Waals surface area contributed by atoms with E-state index in [-0.39, 0.29) is 18.5 Å². The van der Waals surface area contributed by atoms with Crippen molar-refractivity contribution >= 4 is 11.9 Å². The van der Waals surface area contributed by atoms with E-state index in [9.17, 15) is 35.1 Å². The maximum atomic E-state index is 13.0. The van der Waals surface area contributed by atoms with E-state index in [2.05, 4.69) is 67.8 Å². The van der Waals surface area contributed by atoms with Gasteiger partial charge in [0.15, 0.2) is 6.29 Å². The van der Waals surface area contributed by atoms with Crippen LogP contribution in [0.4, 0.5) is 0 Å². The van der Waals surface area contributed by atoms with Crippen LogP contribution < -0.4 is 5.32 Å². The zero-order chi connectivity index (χ0) is 60.9. The van der Waals surface area contributed by atoms with Gasteiger partial charge in [0, 0.05) is 12.8 Å². The van der Waals surface area contributed by atoms with E-state index in [1.165, 1.54) is 238 Å². The maximum absolute atomic E-state index is 13.0. The molecule has 0 aromatic rings. The molecule has 0 saturated carbocycles. The number of hydrogen-bond acceptors (Lipinski definition) is 10. The minimum Gasteiger partial charge on any atom is -0.466 e. The van der Waals surface area contributed by atoms with Crippen molar-refractivity contribution in [2.24, 2.45) is 0 Å². The topological polar surface area (TPSA) is 175 Å². The lowest BCUT2D eigenvalue weighted by molar-refractivity contribution is -0.302. The summed E-state index contributed by atoms with van der Waals surface area (Å²) < 4.78 is 16.7. The molecule has 0 bridgehead atoms. The second kappa shape index (κ2) is 62.0. The van der Waals surface area contributed by atoms with E-state index in [4.69, 9.17) is 14.2 Å². The van der Waals surface area contributed by atoms with Crippen LogP contribution in [-0.2, 0) is 23.8 Å². The van der Waals surface area contributed by atoms with Gasteiger partial charge in [0.25, 0.3) is 0 Å². The second-order valence-corrected chi connectivity index (χ2v) is 24.6. The van der Waals surface area contributed by atoms with Crippen molar-refractivity contribution in [2.45, 2.75) is 371 Å². The van der Waals surface area contributed by atoms with Crippen molar-refractivity contribution < 1.29 is 49.3 Å². The standard InChI is InChI=1S/C73H133NO10/c1-3-5-7-9-11-13-14-15-16-17-32-35-38-41-45-49-53-57-61-69(78)82-62-58-54-50-46-42-39-36-33-30-28-26-24-22-20-18-19-21-23-25-27-29-31-34-37-40-44-48-52-56-60-68(77)74-65(66(76)59-55-51-47-43-12-10-8-6-4-2)64-83-73-72(81)71(80)70(79)67(63-75)84-73/h12,16-18,20,24,26,43,55,59,65-67,70-73,75-76,79-81H,3-11,13-15,19,21-23,25,27-42,44-54,56-58,60-64H2,1-2H3,(H,74,77)/b17-16-,20-18-,26-24-,43-12+,59-55+. The second-order valence-electron chi connectivity index (χ2n) is 24.6. The Kier molecular flexibility index (Phi) is 58.6. The number of aliphatic hydroxyl groups is 5. The van der Waals surface area contributed by atoms with E-state index in [1.807, 2.05) is 6.08 Å². The Labute approximate surface area is 516 Å². The lowest BCUT2D eigenvalue weighted by Gasteiger charge is -2.40. The zero-order valence-corrected chi connectivity index (χ0v) is 54.4. The fourth-order valence-electron chi connectivity index (χ4n) is 10.9. The van der Waals surface area contributed by atoms with E-state index in [0.29, 0.717) is 19.4 Å². The first-order chi connectivity index (χ1) is 41.2. The Balaban J connectivity index is 1.93. The third kappa shape index (κ3) is 50.4. The average Bonchev–Trinajstić information content (AvgIpc) is 3.59. The van der Waals surface area contributed by atoms with Crippen molar-refractivity contribution in [1.82, 2.24) is 5.32 Å². The summed E-state index contributed by atoms with van der Waals surface area (Å²) in [5.41, 5.74) is 0. The van der Waals surface area contributed by atoms with Gasteiger partial charge in [-0.15, -0.1) is 0 Å². The normalized spacial score (nSPS) is 18.4. The summed E-state index contributed by atoms with van der Waals surface area (Å²) in [5.74, 6) is -0.195. The van der Waals surface area contributed by atoms with Crippen LogP contribution in [0.1, 0.15) is 328 Å². The Morgan fingerprint density at radius 2 is 0.810 bits per heavy atom. The van der Waals surface area contributed by atoms with Gasteiger partial charge in [-0.25, -0.2) is 0 Å². The number of rotatable bonds is 62. The molecule has 1 saturated heterocycles. The highest BCUT2D eigenvalue weighted by Gasteiger charge is 2.44. The largest absolute Gasteiger partial charge is 0.466 e. The molecule has 490 valence electrons. The molecule has 0 aliphatic carbocycles. The SMILES string of the molecule is CCCCC/C=C/CC/C=C/C(O)C(COC1OC(CO)C(O)C(O)C1O)NC(=O)CCCCCCCCCCCCCCC/C=C\C/C=C\CCCCCCCCCCCOC(=O)CCCCCCCCC/C=C\CCCCCCCCC. The number of carbonyl (C=O) groups excluding carboxylic acids is 2. The lowest BCUT2D eigenvalue weighted by Crippen LogP contribution is -2.60. The molecule has 1 heterocycles. The zero-order valence-electron chi connectivity index (χ0n) is 54.4. The molecule has 1 fully saturated rings. The summed E-state index contributed by atoms with van der Waals surface area (Å²) in [5, 5.41) is 54.2. The maximum Gasteiger partial charge on any atom is 0.305 e. The quantitative estimate of drug-likeness (QED) is 0.0195. The Hall–Kier alpha value is -2.64. The van der Waals surface area contributed by atoms with Gasteiger partial charge in [0.05, 0.1) is 32.0 Å². The molecule has 11 nitrogen and oxygen atoms in total. The molecule has 7 unspecified atom stereocenters. The van der Waals surface area contributed by atoms with Crippen LogP contribution in [0.3, 0.4) is 0 Å². The van der Waals surface area contributed by atoms with Crippen molar-refractivity contribution in [2.75, 3.05) is 19.8 Å². The predicted octanol–water partition coefficient (Wildman–Crippen LogP) is 18.1. The number of nitrogens with one attached hydrogen (secondary N) is 1. The number of aliphatic hydroxyl groups excluding tert-OH is 5. The number of unbranched alkanes of at least 4 members (excludes halogenated alkanes) is 40. The number of carbonyl (C=O) groups is 2. The third-order valence-electron chi connectivity index (χ3n) is 16.6. The molecule has 1 aliphatic heterocycles. The van der Waals surface area contributed by atoms with E-state index in [0.717, 1.165) is 64.2 Å². The number of allylic oxidation sites excluding steroid dienone is 9. The highest BCUT2D eigenvalue weighted by molar-refractivity contribution is 5.76. The van der Waals surface area contributed by atoms with Gasteiger partial charge < -0.3 is 45.1 Å². The molecule has 11 heteroatoms. The van der Waals surface area contributed by atoms with E-state index >= 15 is 0 Å². The van der Waals surface area contributed by atoms with Gasteiger partial charge in [-0.05, 0) is 103 Å². The first kappa shape index (κ1) is 79.4. The van der Waals surface area contributed by atoms with Gasteiger partial charge >= 0.3 is 5.97 Å². The van der Waals surface area contributed by atoms with Crippen molar-refractivity contribution in [3.05, 3.63) is 60.8 Å². The Bertz CT molecular complexity index is 1580. The Morgan fingerprint density at radius 3 is 1.27 bits per heavy atom. The molecular formula is C73H133NO10. The van der Waals surface area contributed by atoms with Crippen LogP contribution in [0.5, 0.6) is 0 Å². The van der Waals surface area contributed by atoms with Gasteiger partial charge in [0.2, 0.25) is 5.91 Å². The van der Waals surface area contributed by atoms with E-state index < -0.39 is 49.5 Å². The summed E-state index contributed by atoms with van der Waals surface area (Å²) >= 11 is 0. The highest BCUT2D eigenvalue weighted by atomic mass is 16.7. The fraction of sp³-hybridized carbons (Fsp3) is 0.836. The van der Waals surface area contributed by atoms with Gasteiger partial charge in [-0.1, -0.05) is 274 Å². The summed E-state index contributed by atoms with van der Waals surface area (Å²) in [6.45, 7) is 4.29. The molecule has 6 N–H and O–H groups in total. The number of esters is 1. The molecule has 0 aromatic carbocycles. The average molecular weight is 1180 g/mol. The molecule has 7 atom stereocenters. The molecule has 1 aliphatic rings. The van der Waals surface area contributed by atoms with Crippen LogP contribution in [0.25, 0.3) is 0 Å². The minimum atomic E-state index is -1.58. The predicted molar refractivity (Wildman–Crippen MR) is 352 cm³/mol. The molecule has 84 heavy (non-hydrogen) atoms. The highest BCUT2D eigenvalue weighted by Crippen LogP contribution is 2.23. The minimum absolute atomic E-state index is 0.0000788. The van der Waals surface area contributed by atoms with Crippen molar-refractivity contribution in [1.29, 1.82) is 0 Å². The van der Waals surface area contributed by atoms with Gasteiger partial charge in [0.1, 0.15) is 24.4 Å². The van der Waals surface area contributed by atoms with E-state index in [1.54, 1.807) is 6.08 Å². The summed E-state index contributed by atoms with van der Waals surface area (Å²) in [6.07, 6.45) is 72.4. The monoisotopic (exact) mass is 1180 g/mol. The number of ether oxygens (including phenoxy) is 3. The first-order valence-electron chi connectivity index (χ1n) is 35.6. The fourth-order valence-corrected chi connectivity index (χ4v) is 10.9. The summed E-state index contributed by atoms with van der Waals surface area (Å²) in [4.78, 5) is 25.1. The van der Waals surface area contributed by atoms with Crippen LogP contribution in [0.2, 0.25) is 0 Å². The number of hydrogen-bond donors (Lipinski definition) is 6. The first-order valence-corrected chi connectivity index (χ1v) is 35.6. The van der Waals surface area contributed by atoms with Crippen LogP contribution in [0.15, 0.2) is 60.8 Å². The van der Waals surface area contributed by atoms with Crippen LogP contribution >= 0.6 is 0 Å². The van der Waals surface area contributed by atoms with Gasteiger partial charge in [-0.2, -0.15) is 0 Å². The molecule has 0 radical (unpaired) electrons. The van der Waals surface area contributed by atoms with Crippen molar-refractivity contribution in [3.63, 3.8) is 0 Å². The molecule has 0 aromatic heterocycles. The summed E-state index contributed by atoms with van der Waals surface area (Å²) in [7, 11) is 0. The van der Waals surface area contributed by atoms with Crippen LogP contribution in [-0.4, -0.2) is 100 Å². The third-order valence-corrected chi connectivity index (χ3v) is 16.6. The van der Waals surface area contributed by atoms with Crippen LogP contribution in [0, 0.1) is 0 Å². The smallest absolute Gasteiger partial charge is 0.305 e. The molecule has 1 amide bonds. The Morgan fingerprint density at radius 1 is 0.440 bits per heavy atom. The van der Waals surface area contributed by atoms with Gasteiger partial charge in [-0.3, -0.25) is 9.59 Å². The summed E-state index contributed by atoms with van der Waals surface area (Å²) in [6, 6.07) is -0.828. The molecular weight excluding hydrogens is 1050 g/mol.